The van der Waals surface area contributed by atoms with Crippen LogP contribution < -0.4 is 9.47 Å². The first-order chi connectivity index (χ1) is 9.13. The topological polar surface area (TPSA) is 55.1 Å². The van der Waals surface area contributed by atoms with Crippen LogP contribution in [0.3, 0.4) is 0 Å². The molecule has 0 N–H and O–H groups in total. The van der Waals surface area contributed by atoms with Crippen LogP contribution in [0.5, 0.6) is 17.2 Å². The van der Waals surface area contributed by atoms with E-state index in [1.165, 1.54) is 0 Å². The molecule has 0 radical (unpaired) electrons. The molecule has 4 heteroatoms. The summed E-state index contributed by atoms with van der Waals surface area (Å²) in [6, 6.07) is 11.1. The Labute approximate surface area is 112 Å². The highest BCUT2D eigenvalue weighted by atomic mass is 16.5. The van der Waals surface area contributed by atoms with Gasteiger partial charge in [-0.3, -0.25) is 4.98 Å². The highest BCUT2D eigenvalue weighted by Crippen LogP contribution is 2.28. The van der Waals surface area contributed by atoms with Gasteiger partial charge in [0, 0.05) is 11.8 Å². The van der Waals surface area contributed by atoms with Gasteiger partial charge in [-0.15, -0.1) is 0 Å². The molecular formula is C15H14N2O2. The van der Waals surface area contributed by atoms with E-state index >= 15 is 0 Å². The van der Waals surface area contributed by atoms with Gasteiger partial charge in [-0.2, -0.15) is 5.26 Å². The Morgan fingerprint density at radius 1 is 1.11 bits per heavy atom. The molecule has 2 aromatic rings. The second kappa shape index (κ2) is 5.40. The average molecular weight is 254 g/mol. The number of aromatic nitrogens is 1. The smallest absolute Gasteiger partial charge is 0.148 e. The van der Waals surface area contributed by atoms with Crippen LogP contribution in [0.4, 0.5) is 0 Å². The van der Waals surface area contributed by atoms with E-state index in [4.69, 9.17) is 14.7 Å². The van der Waals surface area contributed by atoms with Crippen LogP contribution in [0.2, 0.25) is 0 Å². The number of rotatable bonds is 3. The molecule has 0 fully saturated rings. The predicted octanol–water partition coefficient (Wildman–Crippen LogP) is 3.37. The molecule has 0 atom stereocenters. The van der Waals surface area contributed by atoms with Gasteiger partial charge in [-0.05, 0) is 38.1 Å². The first-order valence-corrected chi connectivity index (χ1v) is 5.84. The van der Waals surface area contributed by atoms with Crippen LogP contribution in [-0.2, 0) is 0 Å². The summed E-state index contributed by atoms with van der Waals surface area (Å²) in [7, 11) is 1.61. The van der Waals surface area contributed by atoms with Crippen molar-refractivity contribution in [1.29, 1.82) is 5.26 Å². The largest absolute Gasteiger partial charge is 0.497 e. The summed E-state index contributed by atoms with van der Waals surface area (Å²) >= 11 is 0. The maximum atomic E-state index is 9.16. The zero-order valence-electron chi connectivity index (χ0n) is 11.1. The van der Waals surface area contributed by atoms with Crippen molar-refractivity contribution in [3.05, 3.63) is 47.3 Å². The monoisotopic (exact) mass is 254 g/mol. The molecular weight excluding hydrogens is 240 g/mol. The van der Waals surface area contributed by atoms with E-state index in [9.17, 15) is 0 Å². The van der Waals surface area contributed by atoms with Gasteiger partial charge in [-0.25, -0.2) is 0 Å². The van der Waals surface area contributed by atoms with Crippen LogP contribution in [-0.4, -0.2) is 12.1 Å². The number of ether oxygens (including phenoxy) is 2. The highest BCUT2D eigenvalue weighted by molar-refractivity contribution is 5.48. The fourth-order valence-electron chi connectivity index (χ4n) is 1.78. The molecule has 0 saturated heterocycles. The molecule has 0 saturated carbocycles. The van der Waals surface area contributed by atoms with Gasteiger partial charge >= 0.3 is 0 Å². The Morgan fingerprint density at radius 2 is 1.74 bits per heavy atom. The Hall–Kier alpha value is -2.54. The van der Waals surface area contributed by atoms with Crippen molar-refractivity contribution in [3.63, 3.8) is 0 Å². The van der Waals surface area contributed by atoms with E-state index in [-0.39, 0.29) is 0 Å². The lowest BCUT2D eigenvalue weighted by Crippen LogP contribution is -1.96. The molecule has 0 bridgehead atoms. The fraction of sp³-hybridized carbons (Fsp3) is 0.200. The minimum Gasteiger partial charge on any atom is -0.497 e. The van der Waals surface area contributed by atoms with E-state index < -0.39 is 0 Å². The van der Waals surface area contributed by atoms with Gasteiger partial charge in [0.2, 0.25) is 0 Å². The minimum atomic E-state index is 0.460. The van der Waals surface area contributed by atoms with E-state index in [2.05, 4.69) is 11.1 Å². The number of pyridine rings is 1. The Bertz CT molecular complexity index is 628. The molecule has 96 valence electrons. The third kappa shape index (κ3) is 2.83. The molecule has 2 rings (SSSR count). The standard InChI is InChI=1S/C15H14N2O2/c1-10-8-15(14(9-16)11(2)17-10)19-13-6-4-12(18-3)5-7-13/h4-8H,1-3H3. The van der Waals surface area contributed by atoms with Gasteiger partial charge in [-0.1, -0.05) is 0 Å². The van der Waals surface area contributed by atoms with Gasteiger partial charge in [0.15, 0.2) is 0 Å². The number of benzene rings is 1. The first kappa shape index (κ1) is 12.9. The molecule has 0 spiro atoms. The zero-order valence-corrected chi connectivity index (χ0v) is 11.1. The van der Waals surface area contributed by atoms with Crippen molar-refractivity contribution >= 4 is 0 Å². The lowest BCUT2D eigenvalue weighted by molar-refractivity contribution is 0.412. The molecule has 0 unspecified atom stereocenters. The van der Waals surface area contributed by atoms with Crippen LogP contribution in [0.15, 0.2) is 30.3 Å². The van der Waals surface area contributed by atoms with Gasteiger partial charge in [0.25, 0.3) is 0 Å². The minimum absolute atomic E-state index is 0.460. The Morgan fingerprint density at radius 3 is 2.32 bits per heavy atom. The predicted molar refractivity (Wildman–Crippen MR) is 71.5 cm³/mol. The van der Waals surface area contributed by atoms with Crippen molar-refractivity contribution in [1.82, 2.24) is 4.98 Å². The summed E-state index contributed by atoms with van der Waals surface area (Å²) in [6.07, 6.45) is 0. The molecule has 0 aliphatic carbocycles. The van der Waals surface area contributed by atoms with Crippen LogP contribution in [0.25, 0.3) is 0 Å². The molecule has 1 heterocycles. The lowest BCUT2D eigenvalue weighted by Gasteiger charge is -2.10. The third-order valence-corrected chi connectivity index (χ3v) is 2.69. The van der Waals surface area contributed by atoms with Crippen molar-refractivity contribution < 1.29 is 9.47 Å². The van der Waals surface area contributed by atoms with Crippen molar-refractivity contribution in [3.8, 4) is 23.3 Å². The number of nitriles is 1. The quantitative estimate of drug-likeness (QED) is 0.842. The van der Waals surface area contributed by atoms with Crippen LogP contribution in [0.1, 0.15) is 17.0 Å². The van der Waals surface area contributed by atoms with E-state index in [1.807, 2.05) is 19.1 Å². The molecule has 0 amide bonds. The molecule has 1 aromatic heterocycles. The van der Waals surface area contributed by atoms with Crippen molar-refractivity contribution in [2.45, 2.75) is 13.8 Å². The molecule has 0 aliphatic heterocycles. The summed E-state index contributed by atoms with van der Waals surface area (Å²) in [6.45, 7) is 3.67. The number of nitrogens with zero attached hydrogens (tertiary/aromatic N) is 2. The highest BCUT2D eigenvalue weighted by Gasteiger charge is 2.10. The van der Waals surface area contributed by atoms with E-state index in [0.717, 1.165) is 11.4 Å². The normalized spacial score (nSPS) is 9.79. The summed E-state index contributed by atoms with van der Waals surface area (Å²) in [4.78, 5) is 4.25. The summed E-state index contributed by atoms with van der Waals surface area (Å²) in [5.41, 5.74) is 1.95. The number of aryl methyl sites for hydroxylation is 2. The molecule has 1 aromatic carbocycles. The molecule has 0 aliphatic rings. The van der Waals surface area contributed by atoms with Crippen molar-refractivity contribution in [2.75, 3.05) is 7.11 Å². The maximum Gasteiger partial charge on any atom is 0.148 e. The van der Waals surface area contributed by atoms with Gasteiger partial charge in [0.1, 0.15) is 28.9 Å². The van der Waals surface area contributed by atoms with Crippen LogP contribution >= 0.6 is 0 Å². The molecule has 19 heavy (non-hydrogen) atoms. The SMILES string of the molecule is COc1ccc(Oc2cc(C)nc(C)c2C#N)cc1. The lowest BCUT2D eigenvalue weighted by atomic mass is 10.2. The average Bonchev–Trinajstić information content (AvgIpc) is 2.39. The second-order valence-corrected chi connectivity index (χ2v) is 4.11. The summed E-state index contributed by atoms with van der Waals surface area (Å²) in [5.74, 6) is 1.94. The van der Waals surface area contributed by atoms with E-state index in [0.29, 0.717) is 22.8 Å². The van der Waals surface area contributed by atoms with Gasteiger partial charge < -0.3 is 9.47 Å². The number of hydrogen-bond donors (Lipinski definition) is 0. The first-order valence-electron chi connectivity index (χ1n) is 5.84. The number of hydrogen-bond acceptors (Lipinski definition) is 4. The Balaban J connectivity index is 2.34. The summed E-state index contributed by atoms with van der Waals surface area (Å²) < 4.78 is 10.8. The van der Waals surface area contributed by atoms with Crippen LogP contribution in [0, 0.1) is 25.2 Å². The summed E-state index contributed by atoms with van der Waals surface area (Å²) in [5, 5.41) is 9.16. The van der Waals surface area contributed by atoms with Gasteiger partial charge in [0.05, 0.1) is 12.8 Å². The fourth-order valence-corrected chi connectivity index (χ4v) is 1.78. The van der Waals surface area contributed by atoms with E-state index in [1.54, 1.807) is 32.2 Å². The molecule has 4 nitrogen and oxygen atoms in total. The maximum absolute atomic E-state index is 9.16. The number of methoxy groups -OCH3 is 1. The zero-order chi connectivity index (χ0) is 13.8. The van der Waals surface area contributed by atoms with Crippen molar-refractivity contribution in [2.24, 2.45) is 0 Å². The Kier molecular flexibility index (Phi) is 3.67. The second-order valence-electron chi connectivity index (χ2n) is 4.11. The third-order valence-electron chi connectivity index (χ3n) is 2.69.